The van der Waals surface area contributed by atoms with Gasteiger partial charge in [0.2, 0.25) is 0 Å². The van der Waals surface area contributed by atoms with Gasteiger partial charge in [0.25, 0.3) is 0 Å². The molecule has 0 aliphatic carbocycles. The Kier molecular flexibility index (Phi) is 3.94. The second-order valence-corrected chi connectivity index (χ2v) is 4.72. The number of aryl methyl sites for hydroxylation is 1. The summed E-state index contributed by atoms with van der Waals surface area (Å²) in [6, 6.07) is 0. The number of hydrogen-bond donors (Lipinski definition) is 1. The van der Waals surface area contributed by atoms with Gasteiger partial charge in [-0.15, -0.1) is 0 Å². The lowest BCUT2D eigenvalue weighted by atomic mass is 9.92. The van der Waals surface area contributed by atoms with Gasteiger partial charge in [0.1, 0.15) is 5.60 Å². The van der Waals surface area contributed by atoms with Crippen molar-refractivity contribution in [2.45, 2.75) is 38.4 Å². The summed E-state index contributed by atoms with van der Waals surface area (Å²) in [5, 5.41) is 9.60. The topological polar surface area (TPSA) is 64.5 Å². The van der Waals surface area contributed by atoms with E-state index in [0.29, 0.717) is 19.0 Å². The molecule has 0 radical (unpaired) electrons. The van der Waals surface area contributed by atoms with E-state index in [9.17, 15) is 5.11 Å². The van der Waals surface area contributed by atoms with Gasteiger partial charge in [-0.25, -0.2) is 9.97 Å². The molecule has 2 heterocycles. The van der Waals surface area contributed by atoms with Crippen LogP contribution in [0.1, 0.15) is 43.0 Å². The van der Waals surface area contributed by atoms with Crippen molar-refractivity contribution in [3.63, 3.8) is 0 Å². The first-order chi connectivity index (χ1) is 8.59. The quantitative estimate of drug-likeness (QED) is 0.883. The number of aliphatic hydroxyl groups excluding tert-OH is 1. The summed E-state index contributed by atoms with van der Waals surface area (Å²) in [6.07, 6.45) is 2.67. The minimum absolute atomic E-state index is 0.444. The van der Waals surface area contributed by atoms with Crippen molar-refractivity contribution in [3.8, 4) is 0 Å². The summed E-state index contributed by atoms with van der Waals surface area (Å²) in [5.74, 6) is 0.690. The Balaban J connectivity index is 2.34. The molecule has 1 aromatic rings. The van der Waals surface area contributed by atoms with Gasteiger partial charge in [0.15, 0.2) is 5.82 Å². The normalized spacial score (nSPS) is 20.7. The van der Waals surface area contributed by atoms with Crippen molar-refractivity contribution >= 4 is 0 Å². The molecule has 1 N–H and O–H groups in total. The fraction of sp³-hybridized carbons (Fsp3) is 0.692. The fourth-order valence-electron chi connectivity index (χ4n) is 2.33. The average Bonchev–Trinajstić information content (AvgIpc) is 2.39. The summed E-state index contributed by atoms with van der Waals surface area (Å²) in [7, 11) is 1.69. The number of ether oxygens (including phenoxy) is 2. The van der Waals surface area contributed by atoms with Gasteiger partial charge in [-0.1, -0.05) is 0 Å². The molecular weight excluding hydrogens is 232 g/mol. The van der Waals surface area contributed by atoms with Crippen LogP contribution in [-0.4, -0.2) is 35.4 Å². The molecule has 1 saturated heterocycles. The molecule has 1 aromatic heterocycles. The summed E-state index contributed by atoms with van der Waals surface area (Å²) in [5.41, 5.74) is 1.12. The lowest BCUT2D eigenvalue weighted by Crippen LogP contribution is -2.37. The van der Waals surface area contributed by atoms with Crippen LogP contribution in [0.15, 0.2) is 6.20 Å². The van der Waals surface area contributed by atoms with Crippen LogP contribution in [0.4, 0.5) is 0 Å². The molecule has 5 nitrogen and oxygen atoms in total. The van der Waals surface area contributed by atoms with Crippen molar-refractivity contribution in [1.82, 2.24) is 9.97 Å². The largest absolute Gasteiger partial charge is 0.389 e. The molecular formula is C13H20N2O3. The van der Waals surface area contributed by atoms with Crippen LogP contribution >= 0.6 is 0 Å². The molecule has 0 aromatic carbocycles. The van der Waals surface area contributed by atoms with E-state index in [1.807, 2.05) is 6.92 Å². The molecule has 0 saturated carbocycles. The first-order valence-corrected chi connectivity index (χ1v) is 6.24. The number of aromatic nitrogens is 2. The summed E-state index contributed by atoms with van der Waals surface area (Å²) >= 11 is 0. The highest BCUT2D eigenvalue weighted by atomic mass is 16.5. The average molecular weight is 252 g/mol. The third kappa shape index (κ3) is 2.39. The zero-order chi connectivity index (χ0) is 13.2. The second-order valence-electron chi connectivity index (χ2n) is 4.72. The zero-order valence-corrected chi connectivity index (χ0v) is 11.1. The van der Waals surface area contributed by atoms with E-state index in [0.717, 1.165) is 24.1 Å². The highest BCUT2D eigenvalue weighted by Crippen LogP contribution is 2.33. The Morgan fingerprint density at radius 2 is 2.11 bits per heavy atom. The predicted molar refractivity (Wildman–Crippen MR) is 66.1 cm³/mol. The minimum Gasteiger partial charge on any atom is -0.389 e. The SMILES string of the molecule is COC1(c2ncc([C@H](C)O)c(C)n2)CCOCC1. The zero-order valence-electron chi connectivity index (χ0n) is 11.1. The van der Waals surface area contributed by atoms with Gasteiger partial charge in [-0.05, 0) is 13.8 Å². The van der Waals surface area contributed by atoms with Gasteiger partial charge in [-0.3, -0.25) is 0 Å². The van der Waals surface area contributed by atoms with E-state index in [1.54, 1.807) is 20.2 Å². The standard InChI is InChI=1S/C13H20N2O3/c1-9-11(10(2)16)8-14-12(15-9)13(17-3)4-6-18-7-5-13/h8,10,16H,4-7H2,1-3H3/t10-/m0/s1. The van der Waals surface area contributed by atoms with Crippen LogP contribution < -0.4 is 0 Å². The third-order valence-corrected chi connectivity index (χ3v) is 3.57. The van der Waals surface area contributed by atoms with Gasteiger partial charge < -0.3 is 14.6 Å². The molecule has 1 fully saturated rings. The number of rotatable bonds is 3. The fourth-order valence-corrected chi connectivity index (χ4v) is 2.33. The molecule has 0 unspecified atom stereocenters. The van der Waals surface area contributed by atoms with E-state index in [1.165, 1.54) is 0 Å². The number of aliphatic hydroxyl groups is 1. The maximum Gasteiger partial charge on any atom is 0.160 e. The smallest absolute Gasteiger partial charge is 0.160 e. The van der Waals surface area contributed by atoms with E-state index < -0.39 is 11.7 Å². The predicted octanol–water partition coefficient (Wildman–Crippen LogP) is 1.49. The lowest BCUT2D eigenvalue weighted by molar-refractivity contribution is -0.100. The Bertz CT molecular complexity index is 415. The van der Waals surface area contributed by atoms with Gasteiger partial charge in [-0.2, -0.15) is 0 Å². The maximum absolute atomic E-state index is 9.60. The Labute approximate surface area is 107 Å². The van der Waals surface area contributed by atoms with E-state index in [4.69, 9.17) is 9.47 Å². The van der Waals surface area contributed by atoms with Crippen molar-refractivity contribution in [1.29, 1.82) is 0 Å². The summed E-state index contributed by atoms with van der Waals surface area (Å²) in [6.45, 7) is 4.92. The third-order valence-electron chi connectivity index (χ3n) is 3.57. The second kappa shape index (κ2) is 5.30. The molecule has 1 atom stereocenters. The Morgan fingerprint density at radius 3 is 2.61 bits per heavy atom. The molecule has 100 valence electrons. The van der Waals surface area contributed by atoms with Crippen molar-refractivity contribution in [3.05, 3.63) is 23.3 Å². The van der Waals surface area contributed by atoms with Crippen LogP contribution in [0.3, 0.4) is 0 Å². The van der Waals surface area contributed by atoms with E-state index in [-0.39, 0.29) is 0 Å². The van der Waals surface area contributed by atoms with Gasteiger partial charge in [0, 0.05) is 50.6 Å². The van der Waals surface area contributed by atoms with Crippen LogP contribution in [0.5, 0.6) is 0 Å². The lowest BCUT2D eigenvalue weighted by Gasteiger charge is -2.34. The Hall–Kier alpha value is -1.04. The minimum atomic E-state index is -0.549. The maximum atomic E-state index is 9.60. The van der Waals surface area contributed by atoms with Crippen LogP contribution in [0, 0.1) is 6.92 Å². The van der Waals surface area contributed by atoms with Gasteiger partial charge >= 0.3 is 0 Å². The van der Waals surface area contributed by atoms with E-state index >= 15 is 0 Å². The van der Waals surface area contributed by atoms with E-state index in [2.05, 4.69) is 9.97 Å². The molecule has 1 aliphatic heterocycles. The highest BCUT2D eigenvalue weighted by molar-refractivity contribution is 5.20. The summed E-state index contributed by atoms with van der Waals surface area (Å²) < 4.78 is 11.0. The number of methoxy groups -OCH3 is 1. The number of hydrogen-bond acceptors (Lipinski definition) is 5. The first kappa shape index (κ1) is 13.4. The van der Waals surface area contributed by atoms with Crippen LogP contribution in [0.25, 0.3) is 0 Å². The first-order valence-electron chi connectivity index (χ1n) is 6.24. The van der Waals surface area contributed by atoms with Crippen molar-refractivity contribution < 1.29 is 14.6 Å². The van der Waals surface area contributed by atoms with Crippen LogP contribution in [-0.2, 0) is 15.1 Å². The van der Waals surface area contributed by atoms with Crippen molar-refractivity contribution in [2.24, 2.45) is 0 Å². The molecule has 18 heavy (non-hydrogen) atoms. The van der Waals surface area contributed by atoms with Crippen molar-refractivity contribution in [2.75, 3.05) is 20.3 Å². The van der Waals surface area contributed by atoms with Gasteiger partial charge in [0.05, 0.1) is 6.10 Å². The Morgan fingerprint density at radius 1 is 1.44 bits per heavy atom. The molecule has 2 rings (SSSR count). The highest BCUT2D eigenvalue weighted by Gasteiger charge is 2.37. The summed E-state index contributed by atoms with van der Waals surface area (Å²) in [4.78, 5) is 8.89. The molecule has 0 bridgehead atoms. The molecule has 0 spiro atoms. The molecule has 0 amide bonds. The monoisotopic (exact) mass is 252 g/mol. The number of nitrogens with zero attached hydrogens (tertiary/aromatic N) is 2. The molecule has 5 heteroatoms. The molecule has 1 aliphatic rings. The van der Waals surface area contributed by atoms with Crippen LogP contribution in [0.2, 0.25) is 0 Å².